The van der Waals surface area contributed by atoms with Crippen molar-refractivity contribution in [2.24, 2.45) is 0 Å². The van der Waals surface area contributed by atoms with Gasteiger partial charge in [0, 0.05) is 37.1 Å². The molecule has 0 aliphatic carbocycles. The summed E-state index contributed by atoms with van der Waals surface area (Å²) in [6.07, 6.45) is 3.49. The monoisotopic (exact) mass is 290 g/mol. The molecule has 0 saturated heterocycles. The number of aromatic nitrogens is 2. The highest BCUT2D eigenvalue weighted by atomic mass is 19.1. The van der Waals surface area contributed by atoms with E-state index in [4.69, 9.17) is 0 Å². The Labute approximate surface area is 118 Å². The molecule has 0 N–H and O–H groups in total. The van der Waals surface area contributed by atoms with Gasteiger partial charge in [-0.25, -0.2) is 4.98 Å². The van der Waals surface area contributed by atoms with Crippen molar-refractivity contribution in [1.29, 1.82) is 0 Å². The molecule has 0 saturated carbocycles. The molecule has 2 heterocycles. The third-order valence-corrected chi connectivity index (χ3v) is 3.42. The minimum Gasteiger partial charge on any atom is -0.332 e. The maximum atomic E-state index is 13.3. The molecule has 0 radical (unpaired) electrons. The van der Waals surface area contributed by atoms with Gasteiger partial charge in [0.05, 0.1) is 11.5 Å². The van der Waals surface area contributed by atoms with E-state index in [-0.39, 0.29) is 11.5 Å². The highest BCUT2D eigenvalue weighted by molar-refractivity contribution is 5.94. The Hall–Kier alpha value is -2.77. The lowest BCUT2D eigenvalue weighted by Gasteiger charge is -2.27. The Kier molecular flexibility index (Phi) is 3.13. The van der Waals surface area contributed by atoms with Crippen LogP contribution in [0.4, 0.5) is 10.1 Å². The summed E-state index contributed by atoms with van der Waals surface area (Å²) in [6, 6.07) is 3.17. The van der Waals surface area contributed by atoms with Crippen molar-refractivity contribution in [3.05, 3.63) is 57.9 Å². The molecule has 1 aliphatic heterocycles. The minimum absolute atomic E-state index is 0.100. The minimum atomic E-state index is -0.953. The van der Waals surface area contributed by atoms with E-state index in [0.717, 1.165) is 18.0 Å². The zero-order valence-corrected chi connectivity index (χ0v) is 10.9. The number of hydrogen-bond acceptors (Lipinski definition) is 4. The van der Waals surface area contributed by atoms with Crippen molar-refractivity contribution in [3.63, 3.8) is 0 Å². The number of fused-ring (bicyclic) bond motifs is 1. The van der Waals surface area contributed by atoms with Gasteiger partial charge in [-0.15, -0.1) is 0 Å². The van der Waals surface area contributed by atoms with Crippen molar-refractivity contribution in [3.8, 4) is 0 Å². The Morgan fingerprint density at radius 1 is 1.38 bits per heavy atom. The highest BCUT2D eigenvalue weighted by Crippen LogP contribution is 2.21. The van der Waals surface area contributed by atoms with Gasteiger partial charge in [-0.3, -0.25) is 14.9 Å². The molecule has 0 fully saturated rings. The van der Waals surface area contributed by atoms with Crippen molar-refractivity contribution >= 4 is 11.6 Å². The third kappa shape index (κ3) is 2.35. The lowest BCUT2D eigenvalue weighted by molar-refractivity contribution is -0.387. The van der Waals surface area contributed by atoms with Crippen molar-refractivity contribution in [2.75, 3.05) is 6.54 Å². The first-order chi connectivity index (χ1) is 10.1. The second-order valence-electron chi connectivity index (χ2n) is 4.69. The number of halogens is 1. The molecule has 0 atom stereocenters. The number of carbonyl (C=O) groups is 1. The van der Waals surface area contributed by atoms with E-state index in [9.17, 15) is 19.3 Å². The van der Waals surface area contributed by atoms with Gasteiger partial charge in [0.15, 0.2) is 0 Å². The van der Waals surface area contributed by atoms with Crippen LogP contribution in [0.15, 0.2) is 30.6 Å². The Balaban J connectivity index is 1.86. The fourth-order valence-electron chi connectivity index (χ4n) is 2.32. The van der Waals surface area contributed by atoms with Crippen LogP contribution in [0.3, 0.4) is 0 Å². The molecule has 21 heavy (non-hydrogen) atoms. The standard InChI is InChI=1S/C13H11FN4O3/c14-10-2-1-9(7-11(10)18(20)21)13(19)17-6-5-16-4-3-15-12(16)8-17/h1-4,7H,5-6,8H2. The molecule has 8 heteroatoms. The number of imidazole rings is 1. The number of hydrogen-bond donors (Lipinski definition) is 0. The van der Waals surface area contributed by atoms with E-state index in [1.165, 1.54) is 6.07 Å². The second-order valence-corrected chi connectivity index (χ2v) is 4.69. The molecule has 3 rings (SSSR count). The van der Waals surface area contributed by atoms with E-state index in [2.05, 4.69) is 4.98 Å². The smallest absolute Gasteiger partial charge is 0.305 e. The quantitative estimate of drug-likeness (QED) is 0.621. The van der Waals surface area contributed by atoms with Gasteiger partial charge >= 0.3 is 5.69 Å². The number of nitro benzene ring substituents is 1. The summed E-state index contributed by atoms with van der Waals surface area (Å²) >= 11 is 0. The molecule has 1 aromatic heterocycles. The van der Waals surface area contributed by atoms with E-state index in [1.807, 2.05) is 10.8 Å². The summed E-state index contributed by atoms with van der Waals surface area (Å²) < 4.78 is 15.2. The van der Waals surface area contributed by atoms with Crippen LogP contribution in [-0.4, -0.2) is 31.8 Å². The van der Waals surface area contributed by atoms with Crippen molar-refractivity contribution in [1.82, 2.24) is 14.5 Å². The van der Waals surface area contributed by atoms with Gasteiger partial charge in [-0.2, -0.15) is 4.39 Å². The lowest BCUT2D eigenvalue weighted by Crippen LogP contribution is -2.38. The van der Waals surface area contributed by atoms with E-state index < -0.39 is 16.4 Å². The number of nitrogens with zero attached hydrogens (tertiary/aromatic N) is 4. The van der Waals surface area contributed by atoms with Crippen LogP contribution in [-0.2, 0) is 13.1 Å². The molecule has 108 valence electrons. The average molecular weight is 290 g/mol. The van der Waals surface area contributed by atoms with Crippen LogP contribution in [0.5, 0.6) is 0 Å². The number of amides is 1. The predicted octanol–water partition coefficient (Wildman–Crippen LogP) is 1.59. The number of nitro groups is 1. The Morgan fingerprint density at radius 3 is 2.95 bits per heavy atom. The average Bonchev–Trinajstić information content (AvgIpc) is 2.94. The van der Waals surface area contributed by atoms with Crippen molar-refractivity contribution < 1.29 is 14.1 Å². The van der Waals surface area contributed by atoms with Crippen LogP contribution in [0.2, 0.25) is 0 Å². The molecule has 1 aliphatic rings. The van der Waals surface area contributed by atoms with Crippen LogP contribution in [0.25, 0.3) is 0 Å². The molecule has 1 aromatic carbocycles. The third-order valence-electron chi connectivity index (χ3n) is 3.42. The van der Waals surface area contributed by atoms with Crippen LogP contribution >= 0.6 is 0 Å². The maximum Gasteiger partial charge on any atom is 0.305 e. The zero-order valence-electron chi connectivity index (χ0n) is 10.9. The first-order valence-electron chi connectivity index (χ1n) is 6.29. The summed E-state index contributed by atoms with van der Waals surface area (Å²) in [5.41, 5.74) is -0.595. The zero-order chi connectivity index (χ0) is 15.0. The molecule has 7 nitrogen and oxygen atoms in total. The number of rotatable bonds is 2. The summed E-state index contributed by atoms with van der Waals surface area (Å²) in [7, 11) is 0. The summed E-state index contributed by atoms with van der Waals surface area (Å²) in [4.78, 5) is 27.9. The molecule has 1 amide bonds. The summed E-state index contributed by atoms with van der Waals surface area (Å²) in [5, 5.41) is 10.7. The highest BCUT2D eigenvalue weighted by Gasteiger charge is 2.24. The summed E-state index contributed by atoms with van der Waals surface area (Å²) in [6.45, 7) is 1.43. The van der Waals surface area contributed by atoms with Crippen LogP contribution < -0.4 is 0 Å². The SMILES string of the molecule is O=C(c1ccc(F)c([N+](=O)[O-])c1)N1CCn2ccnc2C1. The van der Waals surface area contributed by atoms with Gasteiger partial charge in [0.2, 0.25) is 5.82 Å². The van der Waals surface area contributed by atoms with Gasteiger partial charge in [0.1, 0.15) is 5.82 Å². The fraction of sp³-hybridized carbons (Fsp3) is 0.231. The largest absolute Gasteiger partial charge is 0.332 e. The molecule has 0 spiro atoms. The van der Waals surface area contributed by atoms with Gasteiger partial charge in [0.25, 0.3) is 5.91 Å². The number of benzene rings is 1. The van der Waals surface area contributed by atoms with Crippen LogP contribution in [0.1, 0.15) is 16.2 Å². The normalized spacial score (nSPS) is 13.9. The summed E-state index contributed by atoms with van der Waals surface area (Å²) in [5.74, 6) is -0.565. The number of carbonyl (C=O) groups excluding carboxylic acids is 1. The first kappa shape index (κ1) is 13.2. The molecule has 2 aromatic rings. The molecular weight excluding hydrogens is 279 g/mol. The molecule has 0 unspecified atom stereocenters. The fourth-order valence-corrected chi connectivity index (χ4v) is 2.32. The molecule has 0 bridgehead atoms. The van der Waals surface area contributed by atoms with Gasteiger partial charge in [-0.1, -0.05) is 0 Å². The first-order valence-corrected chi connectivity index (χ1v) is 6.29. The Morgan fingerprint density at radius 2 is 2.19 bits per heavy atom. The second kappa shape index (κ2) is 4.97. The maximum absolute atomic E-state index is 13.3. The van der Waals surface area contributed by atoms with Crippen molar-refractivity contribution in [2.45, 2.75) is 13.1 Å². The van der Waals surface area contributed by atoms with E-state index in [0.29, 0.717) is 19.6 Å². The lowest BCUT2D eigenvalue weighted by atomic mass is 10.1. The Bertz CT molecular complexity index is 728. The van der Waals surface area contributed by atoms with Gasteiger partial charge < -0.3 is 9.47 Å². The van der Waals surface area contributed by atoms with E-state index >= 15 is 0 Å². The van der Waals surface area contributed by atoms with Crippen LogP contribution in [0, 0.1) is 15.9 Å². The topological polar surface area (TPSA) is 81.3 Å². The predicted molar refractivity (Wildman–Crippen MR) is 70.0 cm³/mol. The van der Waals surface area contributed by atoms with E-state index in [1.54, 1.807) is 11.1 Å². The molecular formula is C13H11FN4O3. The van der Waals surface area contributed by atoms with Gasteiger partial charge in [-0.05, 0) is 12.1 Å².